The number of hydrogen-bond acceptors (Lipinski definition) is 3. The summed E-state index contributed by atoms with van der Waals surface area (Å²) in [5.74, 6) is 0.917. The number of aryl methyl sites for hydroxylation is 2. The van der Waals surface area contributed by atoms with Crippen LogP contribution in [0, 0.1) is 30.6 Å². The van der Waals surface area contributed by atoms with Gasteiger partial charge in [0.1, 0.15) is 11.9 Å². The van der Waals surface area contributed by atoms with Gasteiger partial charge < -0.3 is 4.90 Å². The highest BCUT2D eigenvalue weighted by molar-refractivity contribution is 5.58. The highest BCUT2D eigenvalue weighted by Crippen LogP contribution is 2.45. The normalized spacial score (nSPS) is 21.3. The van der Waals surface area contributed by atoms with Crippen molar-refractivity contribution < 1.29 is 0 Å². The van der Waals surface area contributed by atoms with Crippen molar-refractivity contribution in [3.63, 3.8) is 0 Å². The van der Waals surface area contributed by atoms with E-state index in [0.717, 1.165) is 35.7 Å². The molecule has 1 saturated carbocycles. The number of aromatic nitrogens is 1. The maximum absolute atomic E-state index is 9.45. The van der Waals surface area contributed by atoms with Crippen LogP contribution in [0.5, 0.6) is 0 Å². The van der Waals surface area contributed by atoms with Gasteiger partial charge >= 0.3 is 0 Å². The van der Waals surface area contributed by atoms with Gasteiger partial charge in [0.25, 0.3) is 0 Å². The first-order valence-corrected chi connectivity index (χ1v) is 8.27. The molecule has 1 aromatic heterocycles. The van der Waals surface area contributed by atoms with E-state index in [1.54, 1.807) is 0 Å². The number of pyridine rings is 1. The zero-order valence-corrected chi connectivity index (χ0v) is 13.3. The van der Waals surface area contributed by atoms with E-state index in [0.29, 0.717) is 5.41 Å². The van der Waals surface area contributed by atoms with Crippen LogP contribution in [-0.4, -0.2) is 18.1 Å². The van der Waals surface area contributed by atoms with E-state index >= 15 is 0 Å². The van der Waals surface area contributed by atoms with Gasteiger partial charge in [0.05, 0.1) is 5.56 Å². The summed E-state index contributed by atoms with van der Waals surface area (Å²) in [6.45, 7) is 6.16. The van der Waals surface area contributed by atoms with Crippen LogP contribution >= 0.6 is 0 Å². The molecule has 1 saturated heterocycles. The number of piperidine rings is 1. The lowest BCUT2D eigenvalue weighted by molar-refractivity contribution is 0.144. The molecule has 3 heteroatoms. The van der Waals surface area contributed by atoms with Crippen LogP contribution in [0.1, 0.15) is 61.8 Å². The SMILES string of the molecule is Cc1cc(C)c(C#N)c(N2CCC3(CCCCC3)CC2)n1. The molecule has 0 atom stereocenters. The summed E-state index contributed by atoms with van der Waals surface area (Å²) in [5, 5.41) is 9.45. The second-order valence-electron chi connectivity index (χ2n) is 6.94. The van der Waals surface area contributed by atoms with Crippen molar-refractivity contribution in [3.8, 4) is 6.07 Å². The molecule has 0 aromatic carbocycles. The van der Waals surface area contributed by atoms with E-state index in [4.69, 9.17) is 0 Å². The van der Waals surface area contributed by atoms with Crippen molar-refractivity contribution in [1.82, 2.24) is 4.98 Å². The Morgan fingerprint density at radius 1 is 1.10 bits per heavy atom. The van der Waals surface area contributed by atoms with Crippen molar-refractivity contribution in [2.24, 2.45) is 5.41 Å². The van der Waals surface area contributed by atoms with Crippen molar-refractivity contribution in [1.29, 1.82) is 5.26 Å². The standard InChI is InChI=1S/C18H25N3/c1-14-12-15(2)20-17(16(14)13-19)21-10-8-18(9-11-21)6-4-3-5-7-18/h12H,3-11H2,1-2H3. The Morgan fingerprint density at radius 2 is 1.76 bits per heavy atom. The minimum Gasteiger partial charge on any atom is -0.355 e. The van der Waals surface area contributed by atoms with E-state index in [9.17, 15) is 5.26 Å². The highest BCUT2D eigenvalue weighted by atomic mass is 15.2. The molecule has 3 rings (SSSR count). The number of rotatable bonds is 1. The van der Waals surface area contributed by atoms with Gasteiger partial charge in [-0.3, -0.25) is 0 Å². The number of anilines is 1. The Bertz CT molecular complexity index is 555. The molecule has 112 valence electrons. The molecule has 0 radical (unpaired) electrons. The molecule has 0 amide bonds. The third kappa shape index (κ3) is 2.77. The van der Waals surface area contributed by atoms with Gasteiger partial charge in [0, 0.05) is 18.8 Å². The molecule has 2 fully saturated rings. The number of nitrogens with zero attached hydrogens (tertiary/aromatic N) is 3. The summed E-state index contributed by atoms with van der Waals surface area (Å²) in [6.07, 6.45) is 9.59. The molecule has 0 N–H and O–H groups in total. The Balaban J connectivity index is 1.80. The monoisotopic (exact) mass is 283 g/mol. The van der Waals surface area contributed by atoms with E-state index in [-0.39, 0.29) is 0 Å². The van der Waals surface area contributed by atoms with Crippen LogP contribution in [-0.2, 0) is 0 Å². The minimum absolute atomic E-state index is 0.598. The summed E-state index contributed by atoms with van der Waals surface area (Å²) < 4.78 is 0. The molecular weight excluding hydrogens is 258 g/mol. The molecule has 1 spiro atoms. The number of hydrogen-bond donors (Lipinski definition) is 0. The molecule has 1 aliphatic carbocycles. The Hall–Kier alpha value is -1.56. The van der Waals surface area contributed by atoms with Gasteiger partial charge in [-0.05, 0) is 56.6 Å². The van der Waals surface area contributed by atoms with Gasteiger partial charge in [0.15, 0.2) is 0 Å². The first kappa shape index (κ1) is 14.4. The summed E-state index contributed by atoms with van der Waals surface area (Å²) in [5.41, 5.74) is 3.43. The van der Waals surface area contributed by atoms with Gasteiger partial charge in [-0.15, -0.1) is 0 Å². The smallest absolute Gasteiger partial charge is 0.147 e. The molecule has 2 aliphatic rings. The van der Waals surface area contributed by atoms with Crippen LogP contribution < -0.4 is 4.90 Å². The van der Waals surface area contributed by atoms with E-state index in [2.05, 4.69) is 16.0 Å². The van der Waals surface area contributed by atoms with Crippen molar-refractivity contribution >= 4 is 5.82 Å². The van der Waals surface area contributed by atoms with Crippen LogP contribution in [0.15, 0.2) is 6.07 Å². The lowest BCUT2D eigenvalue weighted by Gasteiger charge is -2.44. The topological polar surface area (TPSA) is 39.9 Å². The fourth-order valence-electron chi connectivity index (χ4n) is 4.18. The summed E-state index contributed by atoms with van der Waals surface area (Å²) >= 11 is 0. The molecule has 2 heterocycles. The lowest BCUT2D eigenvalue weighted by atomic mass is 9.68. The minimum atomic E-state index is 0.598. The van der Waals surface area contributed by atoms with Gasteiger partial charge in [-0.25, -0.2) is 4.98 Å². The third-order valence-corrected chi connectivity index (χ3v) is 5.48. The second-order valence-corrected chi connectivity index (χ2v) is 6.94. The van der Waals surface area contributed by atoms with Gasteiger partial charge in [0.2, 0.25) is 0 Å². The van der Waals surface area contributed by atoms with Gasteiger partial charge in [-0.2, -0.15) is 5.26 Å². The Morgan fingerprint density at radius 3 is 2.38 bits per heavy atom. The summed E-state index contributed by atoms with van der Waals surface area (Å²) in [6, 6.07) is 4.36. The first-order valence-electron chi connectivity index (χ1n) is 8.27. The molecule has 1 aromatic rings. The van der Waals surface area contributed by atoms with E-state index < -0.39 is 0 Å². The van der Waals surface area contributed by atoms with Crippen LogP contribution in [0.3, 0.4) is 0 Å². The lowest BCUT2D eigenvalue weighted by Crippen LogP contribution is -2.41. The molecule has 3 nitrogen and oxygen atoms in total. The predicted octanol–water partition coefficient (Wildman–Crippen LogP) is 4.12. The number of nitriles is 1. The van der Waals surface area contributed by atoms with Crippen molar-refractivity contribution in [3.05, 3.63) is 22.9 Å². The summed E-state index contributed by atoms with van der Waals surface area (Å²) in [7, 11) is 0. The average molecular weight is 283 g/mol. The third-order valence-electron chi connectivity index (χ3n) is 5.48. The fourth-order valence-corrected chi connectivity index (χ4v) is 4.18. The van der Waals surface area contributed by atoms with Crippen LogP contribution in [0.2, 0.25) is 0 Å². The largest absolute Gasteiger partial charge is 0.355 e. The van der Waals surface area contributed by atoms with E-state index in [1.165, 1.54) is 44.9 Å². The zero-order valence-electron chi connectivity index (χ0n) is 13.3. The maximum atomic E-state index is 9.45. The second kappa shape index (κ2) is 5.67. The van der Waals surface area contributed by atoms with Gasteiger partial charge in [-0.1, -0.05) is 19.3 Å². The quantitative estimate of drug-likeness (QED) is 0.778. The molecule has 21 heavy (non-hydrogen) atoms. The highest BCUT2D eigenvalue weighted by Gasteiger charge is 2.36. The van der Waals surface area contributed by atoms with Crippen molar-refractivity contribution in [2.75, 3.05) is 18.0 Å². The molecule has 0 bridgehead atoms. The maximum Gasteiger partial charge on any atom is 0.147 e. The Kier molecular flexibility index (Phi) is 3.89. The van der Waals surface area contributed by atoms with E-state index in [1.807, 2.05) is 19.9 Å². The first-order chi connectivity index (χ1) is 10.1. The Labute approximate surface area is 128 Å². The molecule has 0 unspecified atom stereocenters. The zero-order chi connectivity index (χ0) is 14.9. The average Bonchev–Trinajstić information content (AvgIpc) is 2.48. The van der Waals surface area contributed by atoms with Crippen LogP contribution in [0.4, 0.5) is 5.82 Å². The summed E-state index contributed by atoms with van der Waals surface area (Å²) in [4.78, 5) is 7.01. The fraction of sp³-hybridized carbons (Fsp3) is 0.667. The molecule has 1 aliphatic heterocycles. The predicted molar refractivity (Wildman–Crippen MR) is 85.4 cm³/mol. The van der Waals surface area contributed by atoms with Crippen LogP contribution in [0.25, 0.3) is 0 Å². The van der Waals surface area contributed by atoms with Crippen molar-refractivity contribution in [2.45, 2.75) is 58.8 Å². The molecular formula is C18H25N3.